The van der Waals surface area contributed by atoms with E-state index < -0.39 is 0 Å². The van der Waals surface area contributed by atoms with Crippen LogP contribution < -0.4 is 9.80 Å². The molecule has 5 nitrogen and oxygen atoms in total. The maximum absolute atomic E-state index is 13.8. The Morgan fingerprint density at radius 2 is 1.51 bits per heavy atom. The van der Waals surface area contributed by atoms with Gasteiger partial charge in [0.05, 0.1) is 31.9 Å². The third-order valence-electron chi connectivity index (χ3n) is 6.95. The minimum atomic E-state index is -0.267. The fourth-order valence-electron chi connectivity index (χ4n) is 4.84. The molecule has 3 aromatic rings. The number of anilines is 1. The van der Waals surface area contributed by atoms with Crippen LogP contribution in [0.4, 0.5) is 5.69 Å². The second-order valence-corrected chi connectivity index (χ2v) is 11.3. The zero-order valence-corrected chi connectivity index (χ0v) is 22.7. The summed E-state index contributed by atoms with van der Waals surface area (Å²) in [5.74, 6) is -0.139. The predicted molar refractivity (Wildman–Crippen MR) is 150 cm³/mol. The molecule has 1 N–H and O–H groups in total. The number of benzene rings is 3. The summed E-state index contributed by atoms with van der Waals surface area (Å²) in [5.41, 5.74) is 3.60. The summed E-state index contributed by atoms with van der Waals surface area (Å²) in [7, 11) is 0. The molecule has 3 aromatic carbocycles. The number of thioether (sulfide) groups is 1. The minimum Gasteiger partial charge on any atom is -0.355 e. The Hall–Kier alpha value is -3.06. The van der Waals surface area contributed by atoms with Crippen LogP contribution in [0.2, 0.25) is 5.02 Å². The van der Waals surface area contributed by atoms with Crippen LogP contribution in [0, 0.1) is 0 Å². The van der Waals surface area contributed by atoms with Gasteiger partial charge >= 0.3 is 0 Å². The molecule has 0 radical (unpaired) electrons. The van der Waals surface area contributed by atoms with E-state index >= 15 is 0 Å². The Morgan fingerprint density at radius 1 is 0.865 bits per heavy atom. The van der Waals surface area contributed by atoms with Crippen molar-refractivity contribution in [2.24, 2.45) is 0 Å². The van der Waals surface area contributed by atoms with Gasteiger partial charge in [0.1, 0.15) is 17.1 Å². The summed E-state index contributed by atoms with van der Waals surface area (Å²) in [6, 6.07) is 25.6. The lowest BCUT2D eigenvalue weighted by atomic mass is 10.0. The lowest BCUT2D eigenvalue weighted by molar-refractivity contribution is -0.917. The number of carbonyl (C=O) groups is 2. The molecule has 0 aliphatic carbocycles. The highest BCUT2D eigenvalue weighted by Crippen LogP contribution is 2.39. The van der Waals surface area contributed by atoms with Crippen LogP contribution >= 0.6 is 23.4 Å². The molecule has 1 saturated heterocycles. The second-order valence-electron chi connectivity index (χ2n) is 9.83. The number of rotatable bonds is 7. The van der Waals surface area contributed by atoms with Crippen LogP contribution in [-0.2, 0) is 16.1 Å². The number of hydrogen-bond donors (Lipinski definition) is 1. The van der Waals surface area contributed by atoms with Crippen molar-refractivity contribution in [3.8, 4) is 0 Å². The van der Waals surface area contributed by atoms with Crippen molar-refractivity contribution in [3.63, 3.8) is 0 Å². The van der Waals surface area contributed by atoms with Gasteiger partial charge in [0.15, 0.2) is 0 Å². The van der Waals surface area contributed by atoms with Crippen LogP contribution in [0.1, 0.15) is 30.9 Å². The molecule has 0 unspecified atom stereocenters. The Morgan fingerprint density at radius 3 is 2.14 bits per heavy atom. The van der Waals surface area contributed by atoms with E-state index in [1.165, 1.54) is 32.7 Å². The van der Waals surface area contributed by atoms with Crippen molar-refractivity contribution in [2.75, 3.05) is 31.1 Å². The number of carbonyl (C=O) groups excluding carboxylic acids is 2. The molecule has 0 spiro atoms. The smallest absolute Gasteiger partial charge is 0.283 e. The Kier molecular flexibility index (Phi) is 7.70. The fraction of sp³-hybridized carbons (Fsp3) is 0.267. The topological polar surface area (TPSA) is 45.1 Å². The summed E-state index contributed by atoms with van der Waals surface area (Å²) < 4.78 is 0. The average molecular weight is 533 g/mol. The number of piperazine rings is 1. The molecule has 2 aliphatic heterocycles. The third-order valence-corrected chi connectivity index (χ3v) is 8.29. The highest BCUT2D eigenvalue weighted by atomic mass is 35.5. The Labute approximate surface area is 227 Å². The van der Waals surface area contributed by atoms with Gasteiger partial charge in [-0.25, -0.2) is 4.90 Å². The minimum absolute atomic E-state index is 0.245. The molecule has 0 atom stereocenters. The zero-order valence-electron chi connectivity index (χ0n) is 21.1. The first-order chi connectivity index (χ1) is 17.9. The number of nitrogens with one attached hydrogen (secondary N) is 1. The van der Waals surface area contributed by atoms with Crippen LogP contribution in [0.15, 0.2) is 94.4 Å². The SMILES string of the molecule is CC(C)c1ccc(N2C(=O)C(Sc3ccc(Cl)cc3)=C(N3CC[NH+](Cc4ccccc4)CC3)C2=O)cc1. The summed E-state index contributed by atoms with van der Waals surface area (Å²) in [5, 5.41) is 0.636. The van der Waals surface area contributed by atoms with Gasteiger partial charge in [-0.3, -0.25) is 9.59 Å². The molecule has 7 heteroatoms. The Bertz CT molecular complexity index is 1300. The van der Waals surface area contributed by atoms with E-state index in [1.54, 1.807) is 12.1 Å². The number of nitrogens with zero attached hydrogens (tertiary/aromatic N) is 2. The number of halogens is 1. The van der Waals surface area contributed by atoms with Crippen molar-refractivity contribution < 1.29 is 14.5 Å². The molecule has 2 aliphatic rings. The van der Waals surface area contributed by atoms with Gasteiger partial charge in [-0.1, -0.05) is 79.7 Å². The van der Waals surface area contributed by atoms with Crippen molar-refractivity contribution >= 4 is 40.9 Å². The molecule has 1 fully saturated rings. The van der Waals surface area contributed by atoms with Crippen molar-refractivity contribution in [1.82, 2.24) is 4.90 Å². The lowest BCUT2D eigenvalue weighted by Gasteiger charge is -2.34. The Balaban J connectivity index is 1.40. The van der Waals surface area contributed by atoms with Gasteiger partial charge in [-0.05, 0) is 47.9 Å². The molecule has 5 rings (SSSR count). The van der Waals surface area contributed by atoms with E-state index in [-0.39, 0.29) is 11.8 Å². The summed E-state index contributed by atoms with van der Waals surface area (Å²) in [6.07, 6.45) is 0. The maximum atomic E-state index is 13.8. The lowest BCUT2D eigenvalue weighted by Crippen LogP contribution is -3.13. The number of imide groups is 1. The average Bonchev–Trinajstić information content (AvgIpc) is 3.15. The molecular formula is C30H31ClN3O2S+. The number of amides is 2. The molecule has 0 bridgehead atoms. The van der Waals surface area contributed by atoms with Gasteiger partial charge in [0, 0.05) is 15.5 Å². The molecule has 2 heterocycles. The first-order valence-corrected chi connectivity index (χ1v) is 13.9. The van der Waals surface area contributed by atoms with Crippen LogP contribution in [0.3, 0.4) is 0 Å². The normalized spacial score (nSPS) is 16.9. The second kappa shape index (κ2) is 11.1. The van der Waals surface area contributed by atoms with Crippen molar-refractivity contribution in [1.29, 1.82) is 0 Å². The zero-order chi connectivity index (χ0) is 25.9. The quantitative estimate of drug-likeness (QED) is 0.446. The van der Waals surface area contributed by atoms with Crippen LogP contribution in [-0.4, -0.2) is 42.9 Å². The van der Waals surface area contributed by atoms with Crippen LogP contribution in [0.25, 0.3) is 0 Å². The van der Waals surface area contributed by atoms with E-state index in [9.17, 15) is 9.59 Å². The summed E-state index contributed by atoms with van der Waals surface area (Å²) in [4.78, 5) is 33.8. The maximum Gasteiger partial charge on any atom is 0.283 e. The molecular weight excluding hydrogens is 502 g/mol. The van der Waals surface area contributed by atoms with Gasteiger partial charge in [-0.15, -0.1) is 0 Å². The fourth-order valence-corrected chi connectivity index (χ4v) is 5.97. The number of quaternary nitrogens is 1. The molecule has 0 saturated carbocycles. The van der Waals surface area contributed by atoms with E-state index in [0.717, 1.165) is 37.6 Å². The first kappa shape index (κ1) is 25.6. The first-order valence-electron chi connectivity index (χ1n) is 12.7. The van der Waals surface area contributed by atoms with Gasteiger partial charge in [-0.2, -0.15) is 0 Å². The van der Waals surface area contributed by atoms with Gasteiger partial charge < -0.3 is 9.80 Å². The molecule has 37 heavy (non-hydrogen) atoms. The van der Waals surface area contributed by atoms with Crippen LogP contribution in [0.5, 0.6) is 0 Å². The van der Waals surface area contributed by atoms with Crippen molar-refractivity contribution in [2.45, 2.75) is 31.2 Å². The van der Waals surface area contributed by atoms with E-state index in [0.29, 0.717) is 27.2 Å². The molecule has 2 amide bonds. The molecule has 190 valence electrons. The highest BCUT2D eigenvalue weighted by molar-refractivity contribution is 8.04. The summed E-state index contributed by atoms with van der Waals surface area (Å²) >= 11 is 7.42. The standard InChI is InChI=1S/C30H30ClN3O2S/c1-21(2)23-8-12-25(13-9-23)34-29(35)27(28(30(34)36)37-26-14-10-24(31)11-15-26)33-18-16-32(17-19-33)20-22-6-4-3-5-7-22/h3-15,21H,16-20H2,1-2H3/p+1. The largest absolute Gasteiger partial charge is 0.355 e. The highest BCUT2D eigenvalue weighted by Gasteiger charge is 2.43. The van der Waals surface area contributed by atoms with E-state index in [4.69, 9.17) is 11.6 Å². The van der Waals surface area contributed by atoms with Crippen molar-refractivity contribution in [3.05, 3.63) is 106 Å². The number of hydrogen-bond acceptors (Lipinski definition) is 4. The third kappa shape index (κ3) is 5.61. The van der Waals surface area contributed by atoms with E-state index in [2.05, 4.69) is 43.0 Å². The van der Waals surface area contributed by atoms with Gasteiger partial charge in [0.2, 0.25) is 0 Å². The van der Waals surface area contributed by atoms with Gasteiger partial charge in [0.25, 0.3) is 11.8 Å². The predicted octanol–water partition coefficient (Wildman–Crippen LogP) is 4.74. The summed E-state index contributed by atoms with van der Waals surface area (Å²) in [6.45, 7) is 8.47. The molecule has 0 aromatic heterocycles. The van der Waals surface area contributed by atoms with E-state index in [1.807, 2.05) is 42.5 Å². The monoisotopic (exact) mass is 532 g/mol.